The van der Waals surface area contributed by atoms with E-state index in [4.69, 9.17) is 24.7 Å². The molecule has 49 heavy (non-hydrogen) atoms. The molecule has 2 unspecified atom stereocenters. The average Bonchev–Trinajstić information content (AvgIpc) is 3.83. The number of primary amides is 1. The number of rotatable bonds is 11. The molecule has 12 nitrogen and oxygen atoms in total. The molecule has 2 fully saturated rings. The van der Waals surface area contributed by atoms with E-state index in [-0.39, 0.29) is 37.4 Å². The number of benzene rings is 1. The predicted molar refractivity (Wildman–Crippen MR) is 190 cm³/mol. The number of likely N-dealkylation sites (tertiary alicyclic amines) is 1. The smallest absolute Gasteiger partial charge is 0.410 e. The molecule has 1 aliphatic carbocycles. The number of hydrogen-bond acceptors (Lipinski definition) is 8. The number of methoxy groups -OCH3 is 1. The minimum Gasteiger partial charge on any atom is -0.476 e. The van der Waals surface area contributed by atoms with Crippen LogP contribution in [0.25, 0.3) is 0 Å². The number of amides is 4. The minimum atomic E-state index is -1.02. The number of piperidine rings is 1. The number of anilines is 2. The number of nitrogens with zero attached hydrogens (tertiary/aromatic N) is 3. The summed E-state index contributed by atoms with van der Waals surface area (Å²) < 4.78 is 22.0. The fourth-order valence-corrected chi connectivity index (χ4v) is 5.82. The molecule has 2 aliphatic heterocycles. The monoisotopic (exact) mass is 688 g/mol. The summed E-state index contributed by atoms with van der Waals surface area (Å²) in [6.45, 7) is 20.4. The standard InChI is InChI=1S/C29H42N4O7.C8H18O/c1-28(2,3)40-27(37)31-16-18(24(30)34)14-19(17-31)25(35)33(20-8-9-20)21-10-11-23-22(15-21)32(12-7-13-38-6)26(36)29(4,5)39-23;1-5-9-7-6-8(2,3)4/h10-11,15,18-20H,7-9,12-14,16-17H2,1-6H3,(H2,30,34);5-7H2,1-4H3. The first-order chi connectivity index (χ1) is 22.8. The third-order valence-electron chi connectivity index (χ3n) is 8.57. The van der Waals surface area contributed by atoms with Crippen LogP contribution in [0.1, 0.15) is 94.4 Å². The van der Waals surface area contributed by atoms with Gasteiger partial charge in [-0.1, -0.05) is 20.8 Å². The topological polar surface area (TPSA) is 141 Å². The third kappa shape index (κ3) is 11.6. The van der Waals surface area contributed by atoms with Crippen molar-refractivity contribution in [2.75, 3.05) is 56.4 Å². The van der Waals surface area contributed by atoms with Crippen molar-refractivity contribution in [1.29, 1.82) is 0 Å². The second-order valence-corrected chi connectivity index (χ2v) is 15.9. The Kier molecular flexibility index (Phi) is 13.5. The van der Waals surface area contributed by atoms with Gasteiger partial charge in [0, 0.05) is 58.3 Å². The Hall–Kier alpha value is -3.38. The van der Waals surface area contributed by atoms with Crippen molar-refractivity contribution in [3.8, 4) is 5.75 Å². The van der Waals surface area contributed by atoms with Crippen molar-refractivity contribution in [2.24, 2.45) is 23.0 Å². The van der Waals surface area contributed by atoms with E-state index in [0.29, 0.717) is 42.1 Å². The van der Waals surface area contributed by atoms with Gasteiger partial charge >= 0.3 is 6.09 Å². The van der Waals surface area contributed by atoms with E-state index in [1.807, 2.05) is 19.1 Å². The first kappa shape index (κ1) is 40.1. The molecule has 0 radical (unpaired) electrons. The van der Waals surface area contributed by atoms with E-state index in [1.165, 1.54) is 4.90 Å². The van der Waals surface area contributed by atoms with E-state index in [2.05, 4.69) is 20.8 Å². The molecule has 4 amide bonds. The maximum Gasteiger partial charge on any atom is 0.410 e. The lowest BCUT2D eigenvalue weighted by molar-refractivity contribution is -0.132. The highest BCUT2D eigenvalue weighted by atomic mass is 16.6. The van der Waals surface area contributed by atoms with Gasteiger partial charge in [0.05, 0.1) is 17.5 Å². The second kappa shape index (κ2) is 16.6. The number of ether oxygens (including phenoxy) is 4. The molecular weight excluding hydrogens is 628 g/mol. The molecule has 3 aliphatic rings. The number of fused-ring (bicyclic) bond motifs is 1. The highest BCUT2D eigenvalue weighted by molar-refractivity contribution is 6.04. The van der Waals surface area contributed by atoms with Gasteiger partial charge in [0.1, 0.15) is 11.4 Å². The van der Waals surface area contributed by atoms with Gasteiger partial charge in [-0.25, -0.2) is 4.79 Å². The van der Waals surface area contributed by atoms with Crippen LogP contribution in [-0.2, 0) is 28.6 Å². The highest BCUT2D eigenvalue weighted by Gasteiger charge is 2.45. The van der Waals surface area contributed by atoms with Crippen LogP contribution in [0.2, 0.25) is 0 Å². The lowest BCUT2D eigenvalue weighted by Gasteiger charge is -2.40. The van der Waals surface area contributed by atoms with E-state index < -0.39 is 35.0 Å². The normalized spacial score (nSPS) is 20.4. The second-order valence-electron chi connectivity index (χ2n) is 15.9. The van der Waals surface area contributed by atoms with Gasteiger partial charge in [0.25, 0.3) is 5.91 Å². The number of carbonyl (C=O) groups is 4. The van der Waals surface area contributed by atoms with Crippen molar-refractivity contribution in [3.05, 3.63) is 18.2 Å². The first-order valence-corrected chi connectivity index (χ1v) is 17.6. The van der Waals surface area contributed by atoms with Crippen LogP contribution >= 0.6 is 0 Å². The fourth-order valence-electron chi connectivity index (χ4n) is 5.82. The van der Waals surface area contributed by atoms with Crippen LogP contribution in [0, 0.1) is 17.3 Å². The lowest BCUT2D eigenvalue weighted by atomic mass is 9.87. The predicted octanol–water partition coefficient (Wildman–Crippen LogP) is 5.54. The molecule has 2 atom stereocenters. The van der Waals surface area contributed by atoms with Gasteiger partial charge < -0.3 is 39.4 Å². The summed E-state index contributed by atoms with van der Waals surface area (Å²) in [4.78, 5) is 57.4. The fraction of sp³-hybridized carbons (Fsp3) is 0.730. The van der Waals surface area contributed by atoms with E-state index in [0.717, 1.165) is 32.5 Å². The zero-order chi connectivity index (χ0) is 36.7. The summed E-state index contributed by atoms with van der Waals surface area (Å²) in [5, 5.41) is 0. The van der Waals surface area contributed by atoms with E-state index in [1.54, 1.807) is 57.6 Å². The van der Waals surface area contributed by atoms with E-state index in [9.17, 15) is 19.2 Å². The van der Waals surface area contributed by atoms with Gasteiger partial charge in [0.15, 0.2) is 5.60 Å². The van der Waals surface area contributed by atoms with Gasteiger partial charge in [-0.15, -0.1) is 0 Å². The molecular formula is C37H60N4O8. The van der Waals surface area contributed by atoms with Gasteiger partial charge in [-0.05, 0) is 97.3 Å². The summed E-state index contributed by atoms with van der Waals surface area (Å²) in [5.74, 6) is -1.63. The maximum atomic E-state index is 14.1. The average molecular weight is 689 g/mol. The Balaban J connectivity index is 0.000000635. The third-order valence-corrected chi connectivity index (χ3v) is 8.57. The van der Waals surface area contributed by atoms with Crippen molar-refractivity contribution in [3.63, 3.8) is 0 Å². The van der Waals surface area contributed by atoms with Crippen LogP contribution in [-0.4, -0.2) is 92.5 Å². The van der Waals surface area contributed by atoms with Crippen LogP contribution in [0.15, 0.2) is 18.2 Å². The summed E-state index contributed by atoms with van der Waals surface area (Å²) in [6.07, 6.45) is 3.15. The molecule has 0 aromatic heterocycles. The summed E-state index contributed by atoms with van der Waals surface area (Å²) in [5.41, 5.74) is 5.58. The highest BCUT2D eigenvalue weighted by Crippen LogP contribution is 2.43. The Labute approximate surface area is 292 Å². The summed E-state index contributed by atoms with van der Waals surface area (Å²) in [6, 6.07) is 5.44. The van der Waals surface area contributed by atoms with Crippen LogP contribution in [0.4, 0.5) is 16.2 Å². The molecule has 1 aromatic carbocycles. The molecule has 1 saturated heterocycles. The Bertz CT molecular complexity index is 1310. The van der Waals surface area contributed by atoms with Crippen molar-refractivity contribution >= 4 is 35.2 Å². The van der Waals surface area contributed by atoms with Crippen LogP contribution in [0.3, 0.4) is 0 Å². The molecule has 12 heteroatoms. The molecule has 4 rings (SSSR count). The molecule has 0 bridgehead atoms. The molecule has 1 aromatic rings. The lowest BCUT2D eigenvalue weighted by Crippen LogP contribution is -2.53. The van der Waals surface area contributed by atoms with Gasteiger partial charge in [-0.3, -0.25) is 14.4 Å². The van der Waals surface area contributed by atoms with Crippen molar-refractivity contribution in [1.82, 2.24) is 4.90 Å². The van der Waals surface area contributed by atoms with Gasteiger partial charge in [-0.2, -0.15) is 0 Å². The van der Waals surface area contributed by atoms with Gasteiger partial charge in [0.2, 0.25) is 11.8 Å². The van der Waals surface area contributed by atoms with Crippen molar-refractivity contribution < 1.29 is 38.1 Å². The Morgan fingerprint density at radius 1 is 1.04 bits per heavy atom. The first-order valence-electron chi connectivity index (χ1n) is 17.6. The molecule has 1 saturated carbocycles. The largest absolute Gasteiger partial charge is 0.476 e. The molecule has 2 N–H and O–H groups in total. The summed E-state index contributed by atoms with van der Waals surface area (Å²) in [7, 11) is 1.62. The number of hydrogen-bond donors (Lipinski definition) is 1. The zero-order valence-corrected chi connectivity index (χ0v) is 31.4. The van der Waals surface area contributed by atoms with Crippen LogP contribution in [0.5, 0.6) is 5.75 Å². The van der Waals surface area contributed by atoms with E-state index >= 15 is 0 Å². The van der Waals surface area contributed by atoms with Crippen LogP contribution < -0.4 is 20.3 Å². The number of nitrogens with two attached hydrogens (primary N) is 1. The maximum absolute atomic E-state index is 14.1. The minimum absolute atomic E-state index is 0.00641. The quantitative estimate of drug-likeness (QED) is 0.299. The number of carbonyl (C=O) groups excluding carboxylic acids is 4. The molecule has 2 heterocycles. The molecule has 0 spiro atoms. The Morgan fingerprint density at radius 2 is 1.69 bits per heavy atom. The zero-order valence-electron chi connectivity index (χ0n) is 31.4. The Morgan fingerprint density at radius 3 is 2.24 bits per heavy atom. The molecule has 276 valence electrons. The summed E-state index contributed by atoms with van der Waals surface area (Å²) >= 11 is 0. The SMILES string of the molecule is CCOCCC(C)(C)C.COCCCN1C(=O)C(C)(C)Oc2ccc(N(C(=O)C3CC(C(N)=O)CN(C(=O)OC(C)(C)C)C3)C3CC3)cc21. The van der Waals surface area contributed by atoms with Crippen molar-refractivity contribution in [2.45, 2.75) is 112 Å².